The van der Waals surface area contributed by atoms with Crippen molar-refractivity contribution in [1.82, 2.24) is 14.5 Å². The molecular weight excluding hydrogens is 357 g/mol. The summed E-state index contributed by atoms with van der Waals surface area (Å²) in [4.78, 5) is 16.5. The van der Waals surface area contributed by atoms with Gasteiger partial charge >= 0.3 is 0 Å². The van der Waals surface area contributed by atoms with Gasteiger partial charge in [-0.05, 0) is 56.9 Å². The van der Waals surface area contributed by atoms with E-state index in [1.54, 1.807) is 0 Å². The molecule has 0 atom stereocenters. The van der Waals surface area contributed by atoms with Crippen LogP contribution in [0.1, 0.15) is 32.6 Å². The molecule has 1 saturated heterocycles. The van der Waals surface area contributed by atoms with Crippen LogP contribution in [0.5, 0.6) is 0 Å². The number of nitrogens with one attached hydrogen (secondary N) is 1. The summed E-state index contributed by atoms with van der Waals surface area (Å²) in [5.41, 5.74) is 0. The van der Waals surface area contributed by atoms with E-state index >= 15 is 0 Å². The smallest absolute Gasteiger partial charge is 0.240 e. The van der Waals surface area contributed by atoms with Crippen LogP contribution < -0.4 is 4.72 Å². The molecule has 2 fully saturated rings. The van der Waals surface area contributed by atoms with Gasteiger partial charge in [-0.15, -0.1) is 0 Å². The highest BCUT2D eigenvalue weighted by atomic mass is 32.2. The second-order valence-corrected chi connectivity index (χ2v) is 8.75. The lowest BCUT2D eigenvalue weighted by Gasteiger charge is -2.33. The number of hydrogen-bond donors (Lipinski definition) is 1. The quantitative estimate of drug-likeness (QED) is 0.776. The summed E-state index contributed by atoms with van der Waals surface area (Å²) in [6, 6.07) is 5.07. The number of carbonyl (C=O) groups is 1. The van der Waals surface area contributed by atoms with Gasteiger partial charge < -0.3 is 4.90 Å². The Morgan fingerprint density at radius 3 is 2.35 bits per heavy atom. The van der Waals surface area contributed by atoms with E-state index in [1.807, 2.05) is 11.8 Å². The molecule has 1 aromatic carbocycles. The molecule has 0 aromatic heterocycles. The Morgan fingerprint density at radius 1 is 1.19 bits per heavy atom. The zero-order valence-corrected chi connectivity index (χ0v) is 15.8. The van der Waals surface area contributed by atoms with Gasteiger partial charge in [-0.2, -0.15) is 0 Å². The van der Waals surface area contributed by atoms with Crippen LogP contribution in [0, 0.1) is 5.82 Å². The van der Waals surface area contributed by atoms with Crippen LogP contribution in [0.2, 0.25) is 0 Å². The molecule has 6 nitrogen and oxygen atoms in total. The number of hydrogen-bond acceptors (Lipinski definition) is 4. The first kappa shape index (κ1) is 19.3. The maximum atomic E-state index is 13.0. The highest BCUT2D eigenvalue weighted by molar-refractivity contribution is 7.89. The summed E-state index contributed by atoms with van der Waals surface area (Å²) in [6.07, 6.45) is 3.52. The molecule has 0 unspecified atom stereocenters. The molecule has 2 aliphatic rings. The summed E-state index contributed by atoms with van der Waals surface area (Å²) in [7, 11) is -3.65. The largest absolute Gasteiger partial charge is 0.339 e. The minimum atomic E-state index is -3.65. The zero-order chi connectivity index (χ0) is 18.7. The van der Waals surface area contributed by atoms with E-state index in [1.165, 1.54) is 12.1 Å². The standard InChI is InChI=1S/C18H26FN3O3S/c1-2-22(16-5-6-16)18(23)13-21-11-9-15(10-12-21)20-26(24,25)17-7-3-14(19)4-8-17/h3-4,7-8,15-16,20H,2,5-6,9-13H2,1H3. The average molecular weight is 383 g/mol. The Kier molecular flexibility index (Phi) is 5.94. The van der Waals surface area contributed by atoms with E-state index in [9.17, 15) is 17.6 Å². The molecule has 1 heterocycles. The van der Waals surface area contributed by atoms with Crippen molar-refractivity contribution < 1.29 is 17.6 Å². The number of carbonyl (C=O) groups excluding carboxylic acids is 1. The van der Waals surface area contributed by atoms with E-state index in [-0.39, 0.29) is 16.8 Å². The van der Waals surface area contributed by atoms with Gasteiger partial charge in [-0.1, -0.05) is 0 Å². The van der Waals surface area contributed by atoms with E-state index in [2.05, 4.69) is 9.62 Å². The van der Waals surface area contributed by atoms with Crippen molar-refractivity contribution in [2.24, 2.45) is 0 Å². The maximum Gasteiger partial charge on any atom is 0.240 e. The van der Waals surface area contributed by atoms with E-state index in [0.717, 1.165) is 31.5 Å². The zero-order valence-electron chi connectivity index (χ0n) is 15.0. The fourth-order valence-corrected chi connectivity index (χ4v) is 4.72. The molecule has 0 bridgehead atoms. The topological polar surface area (TPSA) is 69.7 Å². The number of benzene rings is 1. The van der Waals surface area contributed by atoms with E-state index in [0.29, 0.717) is 38.5 Å². The number of likely N-dealkylation sites (tertiary alicyclic amines) is 1. The number of sulfonamides is 1. The van der Waals surface area contributed by atoms with Crippen molar-refractivity contribution in [2.45, 2.75) is 49.6 Å². The first-order valence-electron chi connectivity index (χ1n) is 9.19. The fraction of sp³-hybridized carbons (Fsp3) is 0.611. The molecule has 1 aliphatic heterocycles. The summed E-state index contributed by atoms with van der Waals surface area (Å²) in [5, 5.41) is 0. The van der Waals surface area contributed by atoms with Crippen molar-refractivity contribution in [3.63, 3.8) is 0 Å². The van der Waals surface area contributed by atoms with Crippen molar-refractivity contribution in [1.29, 1.82) is 0 Å². The second-order valence-electron chi connectivity index (χ2n) is 7.04. The van der Waals surface area contributed by atoms with Crippen molar-refractivity contribution in [2.75, 3.05) is 26.2 Å². The predicted molar refractivity (Wildman–Crippen MR) is 96.6 cm³/mol. The summed E-state index contributed by atoms with van der Waals surface area (Å²) in [6.45, 7) is 4.53. The molecule has 1 saturated carbocycles. The Balaban J connectivity index is 1.49. The molecule has 1 N–H and O–H groups in total. The number of rotatable bonds is 7. The molecule has 1 amide bonds. The number of likely N-dealkylation sites (N-methyl/N-ethyl adjacent to an activating group) is 1. The van der Waals surface area contributed by atoms with Crippen molar-refractivity contribution in [3.05, 3.63) is 30.1 Å². The van der Waals surface area contributed by atoms with Gasteiger partial charge in [-0.3, -0.25) is 9.69 Å². The molecule has 1 aliphatic carbocycles. The van der Waals surface area contributed by atoms with Gasteiger partial charge in [0, 0.05) is 31.7 Å². The van der Waals surface area contributed by atoms with E-state index < -0.39 is 15.8 Å². The third-order valence-corrected chi connectivity index (χ3v) is 6.58. The number of halogens is 1. The molecule has 144 valence electrons. The third-order valence-electron chi connectivity index (χ3n) is 5.04. The lowest BCUT2D eigenvalue weighted by molar-refractivity contribution is -0.133. The lowest BCUT2D eigenvalue weighted by Crippen LogP contribution is -2.48. The van der Waals surface area contributed by atoms with Gasteiger partial charge in [0.25, 0.3) is 0 Å². The highest BCUT2D eigenvalue weighted by Gasteiger charge is 2.32. The van der Waals surface area contributed by atoms with Crippen LogP contribution in [-0.4, -0.2) is 62.4 Å². The Morgan fingerprint density at radius 2 is 1.81 bits per heavy atom. The van der Waals surface area contributed by atoms with Crippen molar-refractivity contribution in [3.8, 4) is 0 Å². The fourth-order valence-electron chi connectivity index (χ4n) is 3.42. The van der Waals surface area contributed by atoms with Crippen LogP contribution >= 0.6 is 0 Å². The molecular formula is C18H26FN3O3S. The first-order valence-corrected chi connectivity index (χ1v) is 10.7. The molecule has 0 radical (unpaired) electrons. The van der Waals surface area contributed by atoms with Crippen LogP contribution in [0.3, 0.4) is 0 Å². The second kappa shape index (κ2) is 8.02. The average Bonchev–Trinajstić information content (AvgIpc) is 3.42. The molecule has 1 aromatic rings. The van der Waals surface area contributed by atoms with Crippen LogP contribution in [0.4, 0.5) is 4.39 Å². The Hall–Kier alpha value is -1.51. The van der Waals surface area contributed by atoms with Crippen LogP contribution in [0.15, 0.2) is 29.2 Å². The minimum Gasteiger partial charge on any atom is -0.339 e. The van der Waals surface area contributed by atoms with Gasteiger partial charge in [-0.25, -0.2) is 17.5 Å². The van der Waals surface area contributed by atoms with Gasteiger partial charge in [0.05, 0.1) is 11.4 Å². The van der Waals surface area contributed by atoms with Crippen LogP contribution in [-0.2, 0) is 14.8 Å². The lowest BCUT2D eigenvalue weighted by atomic mass is 10.1. The Bertz CT molecular complexity index is 727. The van der Waals surface area contributed by atoms with Gasteiger partial charge in [0.15, 0.2) is 0 Å². The molecule has 0 spiro atoms. The monoisotopic (exact) mass is 383 g/mol. The Labute approximate surface area is 154 Å². The SMILES string of the molecule is CCN(C(=O)CN1CCC(NS(=O)(=O)c2ccc(F)cc2)CC1)C1CC1. The van der Waals surface area contributed by atoms with Crippen molar-refractivity contribution >= 4 is 15.9 Å². The first-order chi connectivity index (χ1) is 12.4. The molecule has 8 heteroatoms. The number of piperidine rings is 1. The summed E-state index contributed by atoms with van der Waals surface area (Å²) < 4.78 is 40.4. The van der Waals surface area contributed by atoms with E-state index in [4.69, 9.17) is 0 Å². The van der Waals surface area contributed by atoms with Gasteiger partial charge in [0.2, 0.25) is 15.9 Å². The number of nitrogens with zero attached hydrogens (tertiary/aromatic N) is 2. The summed E-state index contributed by atoms with van der Waals surface area (Å²) >= 11 is 0. The normalized spacial score (nSPS) is 19.5. The molecule has 26 heavy (non-hydrogen) atoms. The third kappa shape index (κ3) is 4.81. The summed E-state index contributed by atoms with van der Waals surface area (Å²) in [5.74, 6) is -0.297. The number of amides is 1. The minimum absolute atomic E-state index is 0.0690. The maximum absolute atomic E-state index is 13.0. The van der Waals surface area contributed by atoms with Gasteiger partial charge in [0.1, 0.15) is 5.82 Å². The predicted octanol–water partition coefficient (Wildman–Crippen LogP) is 1.58. The highest BCUT2D eigenvalue weighted by Crippen LogP contribution is 2.26. The molecule has 3 rings (SSSR count). The van der Waals surface area contributed by atoms with Crippen LogP contribution in [0.25, 0.3) is 0 Å².